The monoisotopic (exact) mass is 290 g/mol. The summed E-state index contributed by atoms with van der Waals surface area (Å²) < 4.78 is 0. The van der Waals surface area contributed by atoms with Crippen LogP contribution in [-0.2, 0) is 0 Å². The lowest BCUT2D eigenvalue weighted by Gasteiger charge is -2.19. The lowest BCUT2D eigenvalue weighted by atomic mass is 9.89. The lowest BCUT2D eigenvalue weighted by Crippen LogP contribution is -2.14. The van der Waals surface area contributed by atoms with Gasteiger partial charge in [-0.3, -0.25) is 0 Å². The van der Waals surface area contributed by atoms with Crippen molar-refractivity contribution in [2.75, 3.05) is 0 Å². The van der Waals surface area contributed by atoms with E-state index in [1.54, 1.807) is 0 Å². The normalized spacial score (nSPS) is 17.9. The Kier molecular flexibility index (Phi) is 4.58. The van der Waals surface area contributed by atoms with Crippen molar-refractivity contribution in [3.8, 4) is 0 Å². The van der Waals surface area contributed by atoms with E-state index >= 15 is 0 Å². The van der Waals surface area contributed by atoms with Gasteiger partial charge in [-0.05, 0) is 42.9 Å². The van der Waals surface area contributed by atoms with E-state index in [4.69, 9.17) is 0 Å². The zero-order chi connectivity index (χ0) is 15.4. The molecular formula is C21H22O. The molecule has 2 aromatic carbocycles. The molecule has 3 rings (SSSR count). The Morgan fingerprint density at radius 2 is 1.73 bits per heavy atom. The number of aryl methyl sites for hydroxylation is 1. The summed E-state index contributed by atoms with van der Waals surface area (Å²) in [7, 11) is 0. The fourth-order valence-electron chi connectivity index (χ4n) is 3.05. The number of hydrogen-bond acceptors (Lipinski definition) is 1. The molecule has 1 N–H and O–H groups in total. The summed E-state index contributed by atoms with van der Waals surface area (Å²) in [6.07, 6.45) is 3.73. The molecule has 1 saturated carbocycles. The SMILES string of the molecule is Cc1ccccc1C(=C=C1CCCC[C@H]1O)c1ccccc1. The van der Waals surface area contributed by atoms with Gasteiger partial charge in [-0.1, -0.05) is 61.0 Å². The number of aliphatic hydroxyl groups excluding tert-OH is 1. The molecule has 0 spiro atoms. The van der Waals surface area contributed by atoms with Crippen LogP contribution in [0.4, 0.5) is 0 Å². The Bertz CT molecular complexity index is 706. The summed E-state index contributed by atoms with van der Waals surface area (Å²) >= 11 is 0. The van der Waals surface area contributed by atoms with E-state index in [-0.39, 0.29) is 6.10 Å². The minimum atomic E-state index is -0.337. The topological polar surface area (TPSA) is 20.2 Å². The van der Waals surface area contributed by atoms with Crippen molar-refractivity contribution in [2.45, 2.75) is 38.7 Å². The quantitative estimate of drug-likeness (QED) is 0.781. The van der Waals surface area contributed by atoms with Gasteiger partial charge >= 0.3 is 0 Å². The third-order valence-electron chi connectivity index (χ3n) is 4.34. The van der Waals surface area contributed by atoms with Gasteiger partial charge in [-0.15, -0.1) is 5.73 Å². The van der Waals surface area contributed by atoms with Crippen molar-refractivity contribution in [2.24, 2.45) is 0 Å². The van der Waals surface area contributed by atoms with E-state index in [1.165, 1.54) is 11.1 Å². The first kappa shape index (κ1) is 14.8. The second-order valence-electron chi connectivity index (χ2n) is 5.97. The summed E-state index contributed by atoms with van der Waals surface area (Å²) in [5, 5.41) is 10.3. The lowest BCUT2D eigenvalue weighted by molar-refractivity contribution is 0.179. The molecule has 1 nitrogen and oxygen atoms in total. The molecule has 0 unspecified atom stereocenters. The van der Waals surface area contributed by atoms with Crippen LogP contribution < -0.4 is 0 Å². The summed E-state index contributed by atoms with van der Waals surface area (Å²) in [6, 6.07) is 18.8. The molecule has 0 saturated heterocycles. The second kappa shape index (κ2) is 6.79. The zero-order valence-electron chi connectivity index (χ0n) is 13.0. The highest BCUT2D eigenvalue weighted by Crippen LogP contribution is 2.29. The van der Waals surface area contributed by atoms with Crippen LogP contribution in [0.3, 0.4) is 0 Å². The van der Waals surface area contributed by atoms with Crippen molar-refractivity contribution < 1.29 is 5.11 Å². The molecule has 1 aliphatic carbocycles. The molecule has 0 amide bonds. The fourth-order valence-corrected chi connectivity index (χ4v) is 3.05. The summed E-state index contributed by atoms with van der Waals surface area (Å²) in [4.78, 5) is 0. The van der Waals surface area contributed by atoms with Crippen LogP contribution in [0.1, 0.15) is 42.4 Å². The summed E-state index contributed by atoms with van der Waals surface area (Å²) in [5.74, 6) is 0. The van der Waals surface area contributed by atoms with Gasteiger partial charge in [-0.2, -0.15) is 0 Å². The minimum absolute atomic E-state index is 0.337. The second-order valence-corrected chi connectivity index (χ2v) is 5.97. The average Bonchev–Trinajstić information content (AvgIpc) is 2.56. The number of rotatable bonds is 2. The van der Waals surface area contributed by atoms with Gasteiger partial charge in [0.25, 0.3) is 0 Å². The van der Waals surface area contributed by atoms with E-state index in [2.05, 4.69) is 61.2 Å². The Morgan fingerprint density at radius 1 is 1.00 bits per heavy atom. The Labute approximate surface area is 132 Å². The van der Waals surface area contributed by atoms with Gasteiger partial charge in [0.2, 0.25) is 0 Å². The molecule has 1 atom stereocenters. The van der Waals surface area contributed by atoms with E-state index in [0.717, 1.165) is 42.4 Å². The maximum absolute atomic E-state index is 10.3. The summed E-state index contributed by atoms with van der Waals surface area (Å²) in [6.45, 7) is 2.13. The van der Waals surface area contributed by atoms with Crippen molar-refractivity contribution in [1.29, 1.82) is 0 Å². The van der Waals surface area contributed by atoms with Crippen LogP contribution >= 0.6 is 0 Å². The molecule has 0 aromatic heterocycles. The largest absolute Gasteiger partial charge is 0.388 e. The highest BCUT2D eigenvalue weighted by Gasteiger charge is 2.16. The molecule has 112 valence electrons. The van der Waals surface area contributed by atoms with E-state index in [1.807, 2.05) is 6.07 Å². The molecular weight excluding hydrogens is 268 g/mol. The zero-order valence-corrected chi connectivity index (χ0v) is 13.0. The van der Waals surface area contributed by atoms with Gasteiger partial charge < -0.3 is 5.11 Å². The molecule has 0 aliphatic heterocycles. The number of benzene rings is 2. The predicted molar refractivity (Wildman–Crippen MR) is 91.6 cm³/mol. The smallest absolute Gasteiger partial charge is 0.0824 e. The molecule has 1 fully saturated rings. The van der Waals surface area contributed by atoms with Crippen molar-refractivity contribution in [1.82, 2.24) is 0 Å². The van der Waals surface area contributed by atoms with Gasteiger partial charge in [-0.25, -0.2) is 0 Å². The van der Waals surface area contributed by atoms with Crippen LogP contribution in [0, 0.1) is 6.92 Å². The van der Waals surface area contributed by atoms with Crippen molar-refractivity contribution in [3.63, 3.8) is 0 Å². The highest BCUT2D eigenvalue weighted by molar-refractivity contribution is 5.81. The first-order valence-corrected chi connectivity index (χ1v) is 8.05. The Morgan fingerprint density at radius 3 is 2.45 bits per heavy atom. The van der Waals surface area contributed by atoms with E-state index in [9.17, 15) is 5.11 Å². The summed E-state index contributed by atoms with van der Waals surface area (Å²) in [5.41, 5.74) is 9.29. The van der Waals surface area contributed by atoms with Crippen molar-refractivity contribution in [3.05, 3.63) is 82.6 Å². The van der Waals surface area contributed by atoms with Gasteiger partial charge in [0, 0.05) is 11.1 Å². The highest BCUT2D eigenvalue weighted by atomic mass is 16.3. The number of aliphatic hydroxyl groups is 1. The van der Waals surface area contributed by atoms with Crippen molar-refractivity contribution >= 4 is 5.57 Å². The fraction of sp³-hybridized carbons (Fsp3) is 0.286. The first-order chi connectivity index (χ1) is 10.8. The maximum Gasteiger partial charge on any atom is 0.0824 e. The maximum atomic E-state index is 10.3. The first-order valence-electron chi connectivity index (χ1n) is 8.05. The molecule has 0 heterocycles. The van der Waals surface area contributed by atoms with Crippen LogP contribution in [0.15, 0.2) is 65.9 Å². The number of hydrogen-bond donors (Lipinski definition) is 1. The van der Waals surface area contributed by atoms with E-state index < -0.39 is 0 Å². The average molecular weight is 290 g/mol. The van der Waals surface area contributed by atoms with Crippen LogP contribution in [-0.4, -0.2) is 11.2 Å². The van der Waals surface area contributed by atoms with Gasteiger partial charge in [0.05, 0.1) is 6.10 Å². The Balaban J connectivity index is 2.20. The molecule has 1 aliphatic rings. The third-order valence-corrected chi connectivity index (χ3v) is 4.34. The molecule has 0 radical (unpaired) electrons. The standard InChI is InChI=1S/C21H22O/c1-16-9-5-7-13-19(16)20(17-10-3-2-4-11-17)15-18-12-6-8-14-21(18)22/h2-5,7,9-11,13,21-22H,6,8,12,14H2,1H3/t15?,21-/m1/s1. The third kappa shape index (κ3) is 3.22. The van der Waals surface area contributed by atoms with Crippen LogP contribution in [0.25, 0.3) is 5.57 Å². The van der Waals surface area contributed by atoms with Crippen LogP contribution in [0.2, 0.25) is 0 Å². The molecule has 22 heavy (non-hydrogen) atoms. The predicted octanol–water partition coefficient (Wildman–Crippen LogP) is 4.89. The van der Waals surface area contributed by atoms with Gasteiger partial charge in [0.1, 0.15) is 0 Å². The van der Waals surface area contributed by atoms with Crippen LogP contribution in [0.5, 0.6) is 0 Å². The Hall–Kier alpha value is -2.08. The molecule has 1 heteroatoms. The minimum Gasteiger partial charge on any atom is -0.388 e. The molecule has 2 aromatic rings. The molecule has 0 bridgehead atoms. The van der Waals surface area contributed by atoms with Gasteiger partial charge in [0.15, 0.2) is 0 Å². The van der Waals surface area contributed by atoms with E-state index in [0.29, 0.717) is 0 Å².